The molecular weight excluding hydrogens is 512 g/mol. The summed E-state index contributed by atoms with van der Waals surface area (Å²) in [5, 5.41) is 17.9. The Morgan fingerprint density at radius 3 is 1.92 bits per heavy atom. The van der Waals surface area contributed by atoms with Gasteiger partial charge in [-0.25, -0.2) is 9.59 Å². The number of unbranched alkanes of at least 4 members (excludes halogenated alkanes) is 2. The van der Waals surface area contributed by atoms with Gasteiger partial charge in [0, 0.05) is 13.0 Å². The zero-order valence-corrected chi connectivity index (χ0v) is 23.2. The minimum atomic E-state index is -1.26. The number of carboxylic acid groups (broad SMARTS) is 1. The fourth-order valence-electron chi connectivity index (χ4n) is 3.87. The molecule has 1 rings (SSSR count). The van der Waals surface area contributed by atoms with E-state index in [9.17, 15) is 29.1 Å². The van der Waals surface area contributed by atoms with Crippen LogP contribution < -0.4 is 0 Å². The van der Waals surface area contributed by atoms with Crippen LogP contribution in [0.5, 0.6) is 0 Å². The summed E-state index contributed by atoms with van der Waals surface area (Å²) >= 11 is 0. The summed E-state index contributed by atoms with van der Waals surface area (Å²) in [5.41, 5.74) is -2.39. The normalized spacial score (nSPS) is 12.6. The van der Waals surface area contributed by atoms with E-state index < -0.39 is 40.7 Å². The van der Waals surface area contributed by atoms with Crippen molar-refractivity contribution in [3.63, 3.8) is 0 Å². The summed E-state index contributed by atoms with van der Waals surface area (Å²) in [5.74, 6) is -3.65. The van der Waals surface area contributed by atoms with Gasteiger partial charge in [0.2, 0.25) is 0 Å². The molecule has 0 aliphatic heterocycles. The lowest BCUT2D eigenvalue weighted by atomic mass is 9.72. The molecule has 0 radical (unpaired) electrons. The minimum Gasteiger partial charge on any atom is -0.478 e. The standard InChI is InChI=1S/C28H40O11/c1-5-28(4,19-27(2,3)25(34)38-17-15-36-22(30)13-7-6-10-14-29)26(35)39-18-16-37-24(33)21-12-9-8-11-20(21)23(31)32/h8-9,11-12,29H,5-7,10,13-19H2,1-4H3,(H,31,32). The lowest BCUT2D eigenvalue weighted by Gasteiger charge is -2.33. The molecule has 11 heteroatoms. The van der Waals surface area contributed by atoms with Crippen molar-refractivity contribution in [2.75, 3.05) is 33.0 Å². The summed E-state index contributed by atoms with van der Waals surface area (Å²) in [7, 11) is 0. The molecule has 0 saturated carbocycles. The fraction of sp³-hybridized carbons (Fsp3) is 0.607. The van der Waals surface area contributed by atoms with E-state index in [4.69, 9.17) is 24.1 Å². The Hall–Kier alpha value is -3.47. The molecule has 0 aromatic heterocycles. The molecule has 0 aliphatic carbocycles. The largest absolute Gasteiger partial charge is 0.478 e. The Balaban J connectivity index is 2.51. The number of benzene rings is 1. The van der Waals surface area contributed by atoms with Gasteiger partial charge < -0.3 is 29.2 Å². The quantitative estimate of drug-likeness (QED) is 0.155. The zero-order valence-electron chi connectivity index (χ0n) is 23.2. The van der Waals surface area contributed by atoms with E-state index in [1.54, 1.807) is 27.7 Å². The van der Waals surface area contributed by atoms with Gasteiger partial charge in [-0.1, -0.05) is 25.5 Å². The van der Waals surface area contributed by atoms with Gasteiger partial charge in [0.15, 0.2) is 0 Å². The number of carbonyl (C=O) groups excluding carboxylic acids is 4. The van der Waals surface area contributed by atoms with Crippen LogP contribution in [0, 0.1) is 10.8 Å². The van der Waals surface area contributed by atoms with Crippen molar-refractivity contribution in [3.8, 4) is 0 Å². The molecule has 1 unspecified atom stereocenters. The monoisotopic (exact) mass is 552 g/mol. The molecule has 11 nitrogen and oxygen atoms in total. The maximum absolute atomic E-state index is 12.9. The summed E-state index contributed by atoms with van der Waals surface area (Å²) in [6.45, 7) is 6.10. The van der Waals surface area contributed by atoms with Crippen LogP contribution in [0.25, 0.3) is 0 Å². The molecular formula is C28H40O11. The van der Waals surface area contributed by atoms with E-state index in [1.807, 2.05) is 0 Å². The molecule has 0 amide bonds. The van der Waals surface area contributed by atoms with Crippen LogP contribution in [-0.4, -0.2) is 73.1 Å². The van der Waals surface area contributed by atoms with Crippen LogP contribution >= 0.6 is 0 Å². The van der Waals surface area contributed by atoms with E-state index in [0.29, 0.717) is 19.3 Å². The van der Waals surface area contributed by atoms with E-state index in [2.05, 4.69) is 0 Å². The van der Waals surface area contributed by atoms with Crippen molar-refractivity contribution < 1.29 is 53.1 Å². The Kier molecular flexibility index (Phi) is 14.2. The molecule has 0 heterocycles. The first-order valence-electron chi connectivity index (χ1n) is 13.0. The van der Waals surface area contributed by atoms with E-state index in [0.717, 1.165) is 6.42 Å². The maximum atomic E-state index is 12.9. The SMILES string of the molecule is CCC(C)(CC(C)(C)C(=O)OCCOC(=O)CCCCCO)C(=O)OCCOC(=O)c1ccccc1C(=O)O. The van der Waals surface area contributed by atoms with Crippen molar-refractivity contribution >= 4 is 29.8 Å². The van der Waals surface area contributed by atoms with Gasteiger partial charge in [0.1, 0.15) is 26.4 Å². The van der Waals surface area contributed by atoms with Crippen LogP contribution in [0.1, 0.15) is 86.9 Å². The molecule has 0 fully saturated rings. The third-order valence-electron chi connectivity index (χ3n) is 6.20. The number of hydrogen-bond acceptors (Lipinski definition) is 10. The Labute approximate surface area is 228 Å². The van der Waals surface area contributed by atoms with Crippen LogP contribution in [0.2, 0.25) is 0 Å². The number of aromatic carboxylic acids is 1. The number of ether oxygens (including phenoxy) is 4. The number of rotatable bonds is 18. The van der Waals surface area contributed by atoms with Crippen LogP contribution in [0.3, 0.4) is 0 Å². The number of aliphatic hydroxyl groups is 1. The molecule has 1 aromatic carbocycles. The smallest absolute Gasteiger partial charge is 0.339 e. The first kappa shape index (κ1) is 33.6. The van der Waals surface area contributed by atoms with Gasteiger partial charge >= 0.3 is 29.8 Å². The van der Waals surface area contributed by atoms with Crippen LogP contribution in [0.15, 0.2) is 24.3 Å². The highest BCUT2D eigenvalue weighted by Gasteiger charge is 2.43. The minimum absolute atomic E-state index is 0.0800. The summed E-state index contributed by atoms with van der Waals surface area (Å²) in [6, 6.07) is 5.62. The molecule has 0 saturated heterocycles. The molecule has 1 aromatic rings. The van der Waals surface area contributed by atoms with Gasteiger partial charge in [0.25, 0.3) is 0 Å². The first-order chi connectivity index (χ1) is 18.4. The highest BCUT2D eigenvalue weighted by atomic mass is 16.6. The molecule has 0 spiro atoms. The molecule has 2 N–H and O–H groups in total. The van der Waals surface area contributed by atoms with Gasteiger partial charge in [-0.2, -0.15) is 0 Å². The van der Waals surface area contributed by atoms with Crippen LogP contribution in [0.4, 0.5) is 0 Å². The van der Waals surface area contributed by atoms with Gasteiger partial charge in [-0.15, -0.1) is 0 Å². The zero-order chi connectivity index (χ0) is 29.5. The van der Waals surface area contributed by atoms with Crippen molar-refractivity contribution in [1.82, 2.24) is 0 Å². The van der Waals surface area contributed by atoms with Crippen molar-refractivity contribution in [3.05, 3.63) is 35.4 Å². The Bertz CT molecular complexity index is 985. The average molecular weight is 553 g/mol. The second kappa shape index (κ2) is 16.5. The summed E-state index contributed by atoms with van der Waals surface area (Å²) in [6.07, 6.45) is 2.66. The maximum Gasteiger partial charge on any atom is 0.339 e. The van der Waals surface area contributed by atoms with Crippen molar-refractivity contribution in [2.24, 2.45) is 10.8 Å². The van der Waals surface area contributed by atoms with Crippen molar-refractivity contribution in [1.29, 1.82) is 0 Å². The predicted molar refractivity (Wildman–Crippen MR) is 139 cm³/mol. The molecule has 218 valence electrons. The average Bonchev–Trinajstić information content (AvgIpc) is 2.90. The van der Waals surface area contributed by atoms with Crippen molar-refractivity contribution in [2.45, 2.75) is 66.2 Å². The van der Waals surface area contributed by atoms with Gasteiger partial charge in [0.05, 0.1) is 22.0 Å². The summed E-state index contributed by atoms with van der Waals surface area (Å²) in [4.78, 5) is 60.7. The highest BCUT2D eigenvalue weighted by Crippen LogP contribution is 2.38. The molecule has 39 heavy (non-hydrogen) atoms. The van der Waals surface area contributed by atoms with E-state index in [-0.39, 0.29) is 57.0 Å². The number of carboxylic acids is 1. The van der Waals surface area contributed by atoms with E-state index in [1.165, 1.54) is 24.3 Å². The van der Waals surface area contributed by atoms with Gasteiger partial charge in [-0.3, -0.25) is 14.4 Å². The fourth-order valence-corrected chi connectivity index (χ4v) is 3.87. The van der Waals surface area contributed by atoms with E-state index >= 15 is 0 Å². The molecule has 1 atom stereocenters. The number of aliphatic hydroxyl groups excluding tert-OH is 1. The Morgan fingerprint density at radius 1 is 0.769 bits per heavy atom. The molecule has 0 bridgehead atoms. The number of hydrogen-bond donors (Lipinski definition) is 2. The summed E-state index contributed by atoms with van der Waals surface area (Å²) < 4.78 is 20.7. The first-order valence-corrected chi connectivity index (χ1v) is 13.0. The second-order valence-corrected chi connectivity index (χ2v) is 9.99. The van der Waals surface area contributed by atoms with Crippen LogP contribution in [-0.2, 0) is 33.3 Å². The number of carbonyl (C=O) groups is 5. The lowest BCUT2D eigenvalue weighted by Crippen LogP contribution is -2.39. The Morgan fingerprint density at radius 2 is 1.33 bits per heavy atom. The third kappa shape index (κ3) is 11.4. The number of esters is 4. The topological polar surface area (TPSA) is 163 Å². The predicted octanol–water partition coefficient (Wildman–Crippen LogP) is 3.56. The van der Waals surface area contributed by atoms with Gasteiger partial charge in [-0.05, 0) is 58.6 Å². The third-order valence-corrected chi connectivity index (χ3v) is 6.20. The molecule has 0 aliphatic rings. The lowest BCUT2D eigenvalue weighted by molar-refractivity contribution is -0.166. The second-order valence-electron chi connectivity index (χ2n) is 9.99. The highest BCUT2D eigenvalue weighted by molar-refractivity contribution is 6.02.